The van der Waals surface area contributed by atoms with Crippen LogP contribution in [0.5, 0.6) is 5.75 Å². The van der Waals surface area contributed by atoms with E-state index in [0.717, 1.165) is 69.5 Å². The lowest BCUT2D eigenvalue weighted by atomic mass is 9.99. The first-order valence-corrected chi connectivity index (χ1v) is 12.3. The third kappa shape index (κ3) is 7.11. The van der Waals surface area contributed by atoms with Crippen LogP contribution in [-0.4, -0.2) is 44.6 Å². The highest BCUT2D eigenvalue weighted by atomic mass is 16.5. The van der Waals surface area contributed by atoms with Crippen molar-refractivity contribution >= 4 is 11.8 Å². The van der Waals surface area contributed by atoms with Gasteiger partial charge in [0.1, 0.15) is 12.4 Å². The third-order valence-electron chi connectivity index (χ3n) is 5.93. The molecule has 0 unspecified atom stereocenters. The molecule has 3 rings (SSSR count). The molecule has 1 heterocycles. The number of anilines is 1. The molecule has 0 atom stereocenters. The van der Waals surface area contributed by atoms with Gasteiger partial charge in [0.25, 0.3) is 0 Å². The topological polar surface area (TPSA) is 41.9 Å². The fourth-order valence-electron chi connectivity index (χ4n) is 4.14. The van der Waals surface area contributed by atoms with Crippen molar-refractivity contribution in [2.75, 3.05) is 44.4 Å². The zero-order valence-electron chi connectivity index (χ0n) is 19.8. The molecule has 1 aliphatic rings. The Kier molecular flexibility index (Phi) is 10.1. The largest absolute Gasteiger partial charge is 0.491 e. The van der Waals surface area contributed by atoms with E-state index in [1.54, 1.807) is 0 Å². The molecule has 0 amide bonds. The van der Waals surface area contributed by atoms with Gasteiger partial charge in [-0.15, -0.1) is 0 Å². The first kappa shape index (κ1) is 24.3. The van der Waals surface area contributed by atoms with Crippen molar-refractivity contribution in [3.05, 3.63) is 53.6 Å². The number of aliphatic hydroxyl groups is 1. The fraction of sp³-hybridized carbons (Fsp3) is 0.500. The molecule has 0 aliphatic carbocycles. The summed E-state index contributed by atoms with van der Waals surface area (Å²) in [5, 5.41) is 9.84. The number of hydrogen-bond acceptors (Lipinski definition) is 4. The lowest BCUT2D eigenvalue weighted by Gasteiger charge is -2.26. The van der Waals surface area contributed by atoms with Gasteiger partial charge in [-0.3, -0.25) is 0 Å². The number of hydrogen-bond donors (Lipinski definition) is 1. The molecule has 32 heavy (non-hydrogen) atoms. The van der Waals surface area contributed by atoms with Gasteiger partial charge in [-0.25, -0.2) is 0 Å². The van der Waals surface area contributed by atoms with Gasteiger partial charge >= 0.3 is 0 Å². The van der Waals surface area contributed by atoms with Crippen LogP contribution in [0.15, 0.2) is 48.0 Å². The zero-order chi connectivity index (χ0) is 22.6. The summed E-state index contributed by atoms with van der Waals surface area (Å²) < 4.78 is 11.4. The maximum absolute atomic E-state index is 9.84. The van der Waals surface area contributed by atoms with E-state index >= 15 is 0 Å². The third-order valence-corrected chi connectivity index (χ3v) is 5.93. The number of unbranched alkanes of at least 4 members (excludes halogenated alkanes) is 1. The molecule has 0 saturated carbocycles. The molecule has 0 spiro atoms. The maximum atomic E-state index is 9.84. The Hall–Kier alpha value is -2.30. The highest BCUT2D eigenvalue weighted by molar-refractivity contribution is 5.77. The van der Waals surface area contributed by atoms with Crippen molar-refractivity contribution in [3.8, 4) is 16.9 Å². The van der Waals surface area contributed by atoms with Crippen molar-refractivity contribution in [2.45, 2.75) is 52.4 Å². The van der Waals surface area contributed by atoms with Crippen molar-refractivity contribution in [2.24, 2.45) is 0 Å². The molecule has 2 aromatic carbocycles. The van der Waals surface area contributed by atoms with Crippen LogP contribution < -0.4 is 9.64 Å². The number of ether oxygens (including phenoxy) is 2. The van der Waals surface area contributed by atoms with E-state index in [9.17, 15) is 5.11 Å². The van der Waals surface area contributed by atoms with Crippen LogP contribution in [-0.2, 0) is 4.74 Å². The molecule has 0 aromatic heterocycles. The number of aliphatic hydroxyl groups excluding tert-OH is 1. The van der Waals surface area contributed by atoms with Crippen LogP contribution in [0.1, 0.15) is 57.9 Å². The number of fused-ring (bicyclic) bond motifs is 1. The van der Waals surface area contributed by atoms with Gasteiger partial charge in [-0.05, 0) is 78.6 Å². The second kappa shape index (κ2) is 13.3. The molecule has 4 heteroatoms. The Morgan fingerprint density at radius 1 is 0.906 bits per heavy atom. The van der Waals surface area contributed by atoms with Gasteiger partial charge in [-0.2, -0.15) is 0 Å². The summed E-state index contributed by atoms with van der Waals surface area (Å²) in [6.07, 6.45) is 8.82. The SMILES string of the molecule is CCCCOCCOc1ccc(-c2ccc3c(c2)/C=C(\CO)CCCCN3CCC)cc1. The van der Waals surface area contributed by atoms with Crippen molar-refractivity contribution in [1.82, 2.24) is 0 Å². The van der Waals surface area contributed by atoms with Crippen LogP contribution in [0, 0.1) is 0 Å². The lowest BCUT2D eigenvalue weighted by molar-refractivity contribution is 0.0981. The van der Waals surface area contributed by atoms with Crippen LogP contribution in [0.4, 0.5) is 5.69 Å². The minimum absolute atomic E-state index is 0.131. The standard InChI is InChI=1S/C28H39NO3/c1-3-5-17-31-18-19-32-27-12-9-24(10-13-27)25-11-14-28-26(21-25)20-23(22-30)8-6-7-16-29(28)15-4-2/h9-14,20-21,30H,3-8,15-19,22H2,1-2H3/b23-20-. The molecule has 0 bridgehead atoms. The smallest absolute Gasteiger partial charge is 0.119 e. The Morgan fingerprint density at radius 3 is 2.47 bits per heavy atom. The van der Waals surface area contributed by atoms with Crippen LogP contribution >= 0.6 is 0 Å². The van der Waals surface area contributed by atoms with Gasteiger partial charge in [0, 0.05) is 25.4 Å². The molecular weight excluding hydrogens is 398 g/mol. The summed E-state index contributed by atoms with van der Waals surface area (Å²) >= 11 is 0. The maximum Gasteiger partial charge on any atom is 0.119 e. The van der Waals surface area contributed by atoms with Gasteiger partial charge in [0.15, 0.2) is 0 Å². The molecular formula is C28H39NO3. The predicted molar refractivity (Wildman–Crippen MR) is 135 cm³/mol. The summed E-state index contributed by atoms with van der Waals surface area (Å²) in [5.41, 5.74) is 5.94. The number of benzene rings is 2. The summed E-state index contributed by atoms with van der Waals surface area (Å²) in [4.78, 5) is 2.50. The first-order chi connectivity index (χ1) is 15.7. The van der Waals surface area contributed by atoms with Crippen molar-refractivity contribution < 1.29 is 14.6 Å². The van der Waals surface area contributed by atoms with E-state index in [0.29, 0.717) is 13.2 Å². The van der Waals surface area contributed by atoms with E-state index < -0.39 is 0 Å². The van der Waals surface area contributed by atoms with Crippen molar-refractivity contribution in [3.63, 3.8) is 0 Å². The average Bonchev–Trinajstić information content (AvgIpc) is 2.90. The quantitative estimate of drug-likeness (QED) is 0.417. The molecule has 2 aromatic rings. The second-order valence-corrected chi connectivity index (χ2v) is 8.52. The monoisotopic (exact) mass is 437 g/mol. The van der Waals surface area contributed by atoms with E-state index in [2.05, 4.69) is 55.2 Å². The molecule has 174 valence electrons. The van der Waals surface area contributed by atoms with E-state index in [-0.39, 0.29) is 6.61 Å². The summed E-state index contributed by atoms with van der Waals surface area (Å²) in [6, 6.07) is 15.0. The zero-order valence-corrected chi connectivity index (χ0v) is 19.8. The Morgan fingerprint density at radius 2 is 1.72 bits per heavy atom. The summed E-state index contributed by atoms with van der Waals surface area (Å²) in [7, 11) is 0. The molecule has 0 fully saturated rings. The van der Waals surface area contributed by atoms with E-state index in [1.807, 2.05) is 12.1 Å². The number of rotatable bonds is 11. The van der Waals surface area contributed by atoms with Crippen LogP contribution in [0.25, 0.3) is 17.2 Å². The van der Waals surface area contributed by atoms with E-state index in [1.165, 1.54) is 22.4 Å². The normalized spacial score (nSPS) is 15.8. The Bertz CT molecular complexity index is 844. The van der Waals surface area contributed by atoms with E-state index in [4.69, 9.17) is 9.47 Å². The molecule has 1 N–H and O–H groups in total. The molecule has 0 saturated heterocycles. The second-order valence-electron chi connectivity index (χ2n) is 8.52. The first-order valence-electron chi connectivity index (χ1n) is 12.3. The minimum atomic E-state index is 0.131. The predicted octanol–water partition coefficient (Wildman–Crippen LogP) is 6.33. The fourth-order valence-corrected chi connectivity index (χ4v) is 4.14. The summed E-state index contributed by atoms with van der Waals surface area (Å²) in [5.74, 6) is 0.868. The van der Waals surface area contributed by atoms with Crippen molar-refractivity contribution in [1.29, 1.82) is 0 Å². The molecule has 1 aliphatic heterocycles. The summed E-state index contributed by atoms with van der Waals surface area (Å²) in [6.45, 7) is 8.66. The minimum Gasteiger partial charge on any atom is -0.491 e. The highest BCUT2D eigenvalue weighted by Gasteiger charge is 2.14. The van der Waals surface area contributed by atoms with Gasteiger partial charge < -0.3 is 19.5 Å². The Labute approximate surface area is 193 Å². The molecule has 0 radical (unpaired) electrons. The lowest BCUT2D eigenvalue weighted by Crippen LogP contribution is -2.25. The van der Waals surface area contributed by atoms with Gasteiger partial charge in [0.2, 0.25) is 0 Å². The average molecular weight is 438 g/mol. The van der Waals surface area contributed by atoms with Gasteiger partial charge in [-0.1, -0.05) is 44.5 Å². The van der Waals surface area contributed by atoms with Gasteiger partial charge in [0.05, 0.1) is 13.2 Å². The number of nitrogens with zero attached hydrogens (tertiary/aromatic N) is 1. The van der Waals surface area contributed by atoms with Crippen LogP contribution in [0.2, 0.25) is 0 Å². The highest BCUT2D eigenvalue weighted by Crippen LogP contribution is 2.32. The van der Waals surface area contributed by atoms with Crippen LogP contribution in [0.3, 0.4) is 0 Å². The Balaban J connectivity index is 1.75. The molecule has 4 nitrogen and oxygen atoms in total.